The Morgan fingerprint density at radius 3 is 2.74 bits per heavy atom. The minimum absolute atomic E-state index is 0.0827. The normalized spacial score (nSPS) is 13.7. The Labute approximate surface area is 197 Å². The molecule has 1 aliphatic heterocycles. The first-order valence-corrected chi connectivity index (χ1v) is 10.7. The SMILES string of the molecule is COC(=O)N1CC(c2nc(-c3cc(F)c(C)c(NC(=O)c4cnc5cc(C)ccn45)c3F)no2)C1. The Morgan fingerprint density at radius 1 is 1.23 bits per heavy atom. The van der Waals surface area contributed by atoms with Gasteiger partial charge in [-0.15, -0.1) is 0 Å². The van der Waals surface area contributed by atoms with E-state index in [1.807, 2.05) is 6.92 Å². The Morgan fingerprint density at radius 2 is 2.00 bits per heavy atom. The van der Waals surface area contributed by atoms with Gasteiger partial charge in [0.15, 0.2) is 5.82 Å². The number of anilines is 1. The predicted octanol–water partition coefficient (Wildman–Crippen LogP) is 3.70. The molecule has 0 spiro atoms. The summed E-state index contributed by atoms with van der Waals surface area (Å²) in [4.78, 5) is 34.3. The summed E-state index contributed by atoms with van der Waals surface area (Å²) in [7, 11) is 1.28. The van der Waals surface area contributed by atoms with Crippen LogP contribution in [0.5, 0.6) is 0 Å². The number of fused-ring (bicyclic) bond motifs is 1. The lowest BCUT2D eigenvalue weighted by Gasteiger charge is -2.35. The number of likely N-dealkylation sites (tertiary alicyclic amines) is 1. The van der Waals surface area contributed by atoms with Crippen molar-refractivity contribution in [2.45, 2.75) is 19.8 Å². The number of benzene rings is 1. The number of aryl methyl sites for hydroxylation is 1. The molecule has 1 aromatic carbocycles. The van der Waals surface area contributed by atoms with Crippen LogP contribution in [0.15, 0.2) is 35.1 Å². The molecule has 12 heteroatoms. The third-order valence-corrected chi connectivity index (χ3v) is 5.95. The number of aromatic nitrogens is 4. The van der Waals surface area contributed by atoms with Crippen LogP contribution in [0.4, 0.5) is 19.3 Å². The summed E-state index contributed by atoms with van der Waals surface area (Å²) in [6.45, 7) is 3.86. The number of carbonyl (C=O) groups is 2. The fourth-order valence-corrected chi connectivity index (χ4v) is 3.88. The van der Waals surface area contributed by atoms with Crippen LogP contribution in [0.3, 0.4) is 0 Å². The molecule has 2 amide bonds. The van der Waals surface area contributed by atoms with Crippen molar-refractivity contribution in [1.82, 2.24) is 24.4 Å². The Kier molecular flexibility index (Phi) is 5.42. The van der Waals surface area contributed by atoms with Crippen molar-refractivity contribution in [2.24, 2.45) is 0 Å². The molecule has 0 saturated carbocycles. The van der Waals surface area contributed by atoms with Crippen LogP contribution in [-0.2, 0) is 4.74 Å². The summed E-state index contributed by atoms with van der Waals surface area (Å²) in [5, 5.41) is 6.23. The molecule has 1 fully saturated rings. The number of hydrogen-bond acceptors (Lipinski definition) is 7. The molecule has 1 saturated heterocycles. The van der Waals surface area contributed by atoms with E-state index in [4.69, 9.17) is 4.52 Å². The Hall–Kier alpha value is -4.35. The number of halogens is 2. The lowest BCUT2D eigenvalue weighted by Crippen LogP contribution is -2.48. The largest absolute Gasteiger partial charge is 0.453 e. The monoisotopic (exact) mass is 482 g/mol. The summed E-state index contributed by atoms with van der Waals surface area (Å²) in [6, 6.07) is 4.55. The molecule has 180 valence electrons. The molecule has 10 nitrogen and oxygen atoms in total. The number of carbonyl (C=O) groups excluding carboxylic acids is 2. The number of rotatable bonds is 4. The summed E-state index contributed by atoms with van der Waals surface area (Å²) >= 11 is 0. The maximum atomic E-state index is 15.5. The zero-order chi connectivity index (χ0) is 24.9. The van der Waals surface area contributed by atoms with Crippen LogP contribution in [0, 0.1) is 25.5 Å². The molecule has 5 rings (SSSR count). The molecule has 0 aliphatic carbocycles. The third kappa shape index (κ3) is 3.86. The Bertz CT molecular complexity index is 1470. The lowest BCUT2D eigenvalue weighted by atomic mass is 10.0. The maximum absolute atomic E-state index is 15.5. The van der Waals surface area contributed by atoms with Gasteiger partial charge in [0, 0.05) is 24.8 Å². The average molecular weight is 482 g/mol. The van der Waals surface area contributed by atoms with Gasteiger partial charge >= 0.3 is 6.09 Å². The first-order valence-electron chi connectivity index (χ1n) is 10.7. The van der Waals surface area contributed by atoms with Gasteiger partial charge in [0.1, 0.15) is 17.2 Å². The highest BCUT2D eigenvalue weighted by Gasteiger charge is 2.36. The van der Waals surface area contributed by atoms with Gasteiger partial charge in [-0.3, -0.25) is 9.20 Å². The number of amides is 2. The van der Waals surface area contributed by atoms with Crippen molar-refractivity contribution in [3.8, 4) is 11.4 Å². The number of hydrogen-bond donors (Lipinski definition) is 1. The highest BCUT2D eigenvalue weighted by Crippen LogP contribution is 2.33. The van der Waals surface area contributed by atoms with Gasteiger partial charge in [-0.2, -0.15) is 4.98 Å². The minimum atomic E-state index is -0.904. The third-order valence-electron chi connectivity index (χ3n) is 5.95. The van der Waals surface area contributed by atoms with Gasteiger partial charge in [-0.05, 0) is 37.6 Å². The number of ether oxygens (including phenoxy) is 1. The van der Waals surface area contributed by atoms with Crippen LogP contribution in [-0.4, -0.2) is 56.6 Å². The molecule has 0 bridgehead atoms. The van der Waals surface area contributed by atoms with Crippen LogP contribution in [0.1, 0.15) is 33.4 Å². The fraction of sp³-hybridized carbons (Fsp3) is 0.261. The van der Waals surface area contributed by atoms with Crippen molar-refractivity contribution in [1.29, 1.82) is 0 Å². The minimum Gasteiger partial charge on any atom is -0.453 e. The van der Waals surface area contributed by atoms with Gasteiger partial charge in [-0.1, -0.05) is 5.16 Å². The first kappa shape index (κ1) is 22.4. The fourth-order valence-electron chi connectivity index (χ4n) is 3.88. The van der Waals surface area contributed by atoms with E-state index in [9.17, 15) is 14.0 Å². The standard InChI is InChI=1S/C23H20F2N6O4/c1-11-4-5-31-16(8-26-17(31)6-11)21(32)27-19-12(2)15(24)7-14(18(19)25)20-28-22(35-29-20)13-9-30(10-13)23(33)34-3/h4-8,13H,9-10H2,1-3H3,(H,27,32). The lowest BCUT2D eigenvalue weighted by molar-refractivity contribution is 0.0804. The van der Waals surface area contributed by atoms with Crippen molar-refractivity contribution in [2.75, 3.05) is 25.5 Å². The van der Waals surface area contributed by atoms with Crippen molar-refractivity contribution >= 4 is 23.3 Å². The van der Waals surface area contributed by atoms with Crippen molar-refractivity contribution in [3.05, 3.63) is 64.9 Å². The van der Waals surface area contributed by atoms with Gasteiger partial charge in [0.05, 0.1) is 30.5 Å². The molecule has 0 atom stereocenters. The van der Waals surface area contributed by atoms with E-state index in [2.05, 4.69) is 25.2 Å². The van der Waals surface area contributed by atoms with Crippen LogP contribution < -0.4 is 5.32 Å². The second-order valence-electron chi connectivity index (χ2n) is 8.28. The first-order chi connectivity index (χ1) is 16.8. The van der Waals surface area contributed by atoms with E-state index < -0.39 is 23.6 Å². The summed E-state index contributed by atoms with van der Waals surface area (Å²) in [5.74, 6) is -2.55. The quantitative estimate of drug-likeness (QED) is 0.472. The molecule has 35 heavy (non-hydrogen) atoms. The molecule has 4 aromatic rings. The molecular formula is C23H20F2N6O4. The zero-order valence-corrected chi connectivity index (χ0v) is 19.0. The molecule has 4 heterocycles. The summed E-state index contributed by atoms with van der Waals surface area (Å²) in [5.41, 5.74) is 0.988. The zero-order valence-electron chi connectivity index (χ0n) is 19.0. The highest BCUT2D eigenvalue weighted by molar-refractivity contribution is 6.04. The van der Waals surface area contributed by atoms with E-state index in [1.54, 1.807) is 22.7 Å². The van der Waals surface area contributed by atoms with E-state index in [-0.39, 0.29) is 40.1 Å². The van der Waals surface area contributed by atoms with Crippen molar-refractivity contribution < 1.29 is 27.6 Å². The van der Waals surface area contributed by atoms with E-state index in [1.165, 1.54) is 25.1 Å². The molecule has 1 aliphatic rings. The van der Waals surface area contributed by atoms with Crippen molar-refractivity contribution in [3.63, 3.8) is 0 Å². The van der Waals surface area contributed by atoms with Gasteiger partial charge in [0.25, 0.3) is 5.91 Å². The molecule has 0 unspecified atom stereocenters. The highest BCUT2D eigenvalue weighted by atomic mass is 19.1. The molecule has 1 N–H and O–H groups in total. The van der Waals surface area contributed by atoms with Gasteiger partial charge < -0.3 is 19.5 Å². The smallest absolute Gasteiger partial charge is 0.409 e. The van der Waals surface area contributed by atoms with Gasteiger partial charge in [-0.25, -0.2) is 18.6 Å². The predicted molar refractivity (Wildman–Crippen MR) is 119 cm³/mol. The second kappa shape index (κ2) is 8.46. The number of imidazole rings is 1. The summed E-state index contributed by atoms with van der Waals surface area (Å²) in [6.07, 6.45) is 2.56. The molecule has 0 radical (unpaired) electrons. The van der Waals surface area contributed by atoms with Gasteiger partial charge in [0.2, 0.25) is 11.7 Å². The van der Waals surface area contributed by atoms with Crippen LogP contribution in [0.2, 0.25) is 0 Å². The number of nitrogens with one attached hydrogen (secondary N) is 1. The Balaban J connectivity index is 1.42. The number of nitrogens with zero attached hydrogens (tertiary/aromatic N) is 5. The van der Waals surface area contributed by atoms with Crippen LogP contribution in [0.25, 0.3) is 17.0 Å². The maximum Gasteiger partial charge on any atom is 0.409 e. The number of methoxy groups -OCH3 is 1. The molecular weight excluding hydrogens is 462 g/mol. The molecule has 3 aromatic heterocycles. The van der Waals surface area contributed by atoms with E-state index in [0.717, 1.165) is 11.6 Å². The van der Waals surface area contributed by atoms with E-state index in [0.29, 0.717) is 18.7 Å². The average Bonchev–Trinajstić information content (AvgIpc) is 3.45. The van der Waals surface area contributed by atoms with Crippen LogP contribution >= 0.6 is 0 Å². The second-order valence-corrected chi connectivity index (χ2v) is 8.28. The topological polar surface area (TPSA) is 115 Å². The number of pyridine rings is 1. The van der Waals surface area contributed by atoms with E-state index >= 15 is 4.39 Å². The summed E-state index contributed by atoms with van der Waals surface area (Å²) < 4.78 is 41.6.